The first kappa shape index (κ1) is 17.4. The zero-order valence-electron chi connectivity index (χ0n) is 15.1. The normalized spacial score (nSPS) is 14.6. The van der Waals surface area contributed by atoms with Gasteiger partial charge in [-0.15, -0.1) is 0 Å². The number of fused-ring (bicyclic) bond motifs is 1. The molecule has 138 valence electrons. The first-order valence-corrected chi connectivity index (χ1v) is 8.90. The molecule has 3 heterocycles. The summed E-state index contributed by atoms with van der Waals surface area (Å²) < 4.78 is 10.3. The number of pyridine rings is 1. The van der Waals surface area contributed by atoms with Crippen LogP contribution < -0.4 is 9.64 Å². The van der Waals surface area contributed by atoms with Gasteiger partial charge < -0.3 is 14.4 Å². The summed E-state index contributed by atoms with van der Waals surface area (Å²) in [7, 11) is 1.58. The van der Waals surface area contributed by atoms with Gasteiger partial charge in [0.1, 0.15) is 11.3 Å². The number of amides is 1. The smallest absolute Gasteiger partial charge is 0.227 e. The fourth-order valence-electron chi connectivity index (χ4n) is 3.10. The van der Waals surface area contributed by atoms with E-state index in [9.17, 15) is 4.79 Å². The summed E-state index contributed by atoms with van der Waals surface area (Å²) in [5.74, 6) is 1.46. The van der Waals surface area contributed by atoms with Crippen molar-refractivity contribution < 1.29 is 14.3 Å². The van der Waals surface area contributed by atoms with Crippen molar-refractivity contribution in [1.29, 1.82) is 0 Å². The van der Waals surface area contributed by atoms with Crippen LogP contribution in [0.3, 0.4) is 0 Å². The van der Waals surface area contributed by atoms with E-state index < -0.39 is 0 Å². The number of nitrogens with zero attached hydrogens (tertiary/aromatic N) is 4. The predicted molar refractivity (Wildman–Crippen MR) is 101 cm³/mol. The van der Waals surface area contributed by atoms with Gasteiger partial charge in [-0.25, -0.2) is 9.97 Å². The average Bonchev–Trinajstić information content (AvgIpc) is 2.72. The maximum atomic E-state index is 12.2. The number of carbonyl (C=O) groups excluding carboxylic acids is 1. The van der Waals surface area contributed by atoms with Crippen LogP contribution in [0.2, 0.25) is 0 Å². The minimum Gasteiger partial charge on any atom is -0.468 e. The minimum atomic E-state index is 0.142. The molecule has 0 unspecified atom stereocenters. The fraction of sp³-hybridized carbons (Fsp3) is 0.300. The van der Waals surface area contributed by atoms with Crippen LogP contribution in [-0.2, 0) is 9.53 Å². The highest BCUT2D eigenvalue weighted by molar-refractivity contribution is 5.95. The molecule has 1 aliphatic heterocycles. The molecule has 1 aromatic carbocycles. The largest absolute Gasteiger partial charge is 0.468 e. The molecular formula is C20H20N4O3. The second-order valence-corrected chi connectivity index (χ2v) is 6.37. The molecule has 27 heavy (non-hydrogen) atoms. The standard InChI is InChI=1S/C20H20N4O3/c1-26-13-27-16-7-5-14(6-8-16)20-22-12-18-17(23-20)10-15(11-21-18)24-9-3-2-4-19(24)25/h5-8,10-12H,2-4,9,13H2,1H3. The van der Waals surface area contributed by atoms with Crippen LogP contribution in [0.15, 0.2) is 42.7 Å². The van der Waals surface area contributed by atoms with Crippen LogP contribution in [-0.4, -0.2) is 41.3 Å². The molecular weight excluding hydrogens is 344 g/mol. The molecule has 1 amide bonds. The summed E-state index contributed by atoms with van der Waals surface area (Å²) in [6, 6.07) is 9.41. The van der Waals surface area contributed by atoms with E-state index in [2.05, 4.69) is 15.0 Å². The van der Waals surface area contributed by atoms with Gasteiger partial charge in [-0.05, 0) is 43.2 Å². The number of hydrogen-bond acceptors (Lipinski definition) is 6. The van der Waals surface area contributed by atoms with Crippen LogP contribution in [0, 0.1) is 0 Å². The number of piperidine rings is 1. The molecule has 3 aromatic rings. The van der Waals surface area contributed by atoms with Gasteiger partial charge in [0.2, 0.25) is 5.91 Å². The first-order valence-electron chi connectivity index (χ1n) is 8.90. The Labute approximate surface area is 157 Å². The molecule has 0 radical (unpaired) electrons. The van der Waals surface area contributed by atoms with Crippen molar-refractivity contribution in [2.24, 2.45) is 0 Å². The highest BCUT2D eigenvalue weighted by atomic mass is 16.7. The maximum absolute atomic E-state index is 12.2. The monoisotopic (exact) mass is 364 g/mol. The number of benzene rings is 1. The lowest BCUT2D eigenvalue weighted by atomic mass is 10.1. The van der Waals surface area contributed by atoms with Gasteiger partial charge in [0.15, 0.2) is 12.6 Å². The SMILES string of the molecule is COCOc1ccc(-c2ncc3ncc(N4CCCCC4=O)cc3n2)cc1. The van der Waals surface area contributed by atoms with Crippen molar-refractivity contribution in [1.82, 2.24) is 15.0 Å². The molecule has 1 saturated heterocycles. The summed E-state index contributed by atoms with van der Waals surface area (Å²) in [6.07, 6.45) is 5.97. The molecule has 0 N–H and O–H groups in total. The number of hydrogen-bond donors (Lipinski definition) is 0. The Bertz CT molecular complexity index is 959. The summed E-state index contributed by atoms with van der Waals surface area (Å²) in [5, 5.41) is 0. The molecule has 7 heteroatoms. The van der Waals surface area contributed by atoms with Crippen LogP contribution >= 0.6 is 0 Å². The lowest BCUT2D eigenvalue weighted by Crippen LogP contribution is -2.35. The molecule has 4 rings (SSSR count). The second-order valence-electron chi connectivity index (χ2n) is 6.37. The Hall–Kier alpha value is -3.06. The van der Waals surface area contributed by atoms with Crippen molar-refractivity contribution in [3.8, 4) is 17.1 Å². The van der Waals surface area contributed by atoms with Gasteiger partial charge in [0.05, 0.1) is 23.6 Å². The fourth-order valence-corrected chi connectivity index (χ4v) is 3.10. The van der Waals surface area contributed by atoms with E-state index in [0.717, 1.165) is 36.2 Å². The Morgan fingerprint density at radius 1 is 1.07 bits per heavy atom. The summed E-state index contributed by atoms with van der Waals surface area (Å²) >= 11 is 0. The quantitative estimate of drug-likeness (QED) is 0.647. The molecule has 7 nitrogen and oxygen atoms in total. The molecule has 1 fully saturated rings. The zero-order chi connectivity index (χ0) is 18.6. The van der Waals surface area contributed by atoms with Crippen molar-refractivity contribution in [2.75, 3.05) is 25.3 Å². The van der Waals surface area contributed by atoms with Gasteiger partial charge in [0.25, 0.3) is 0 Å². The van der Waals surface area contributed by atoms with E-state index in [4.69, 9.17) is 9.47 Å². The van der Waals surface area contributed by atoms with E-state index in [1.807, 2.05) is 30.3 Å². The predicted octanol–water partition coefficient (Wildman–Crippen LogP) is 3.19. The van der Waals surface area contributed by atoms with E-state index in [1.165, 1.54) is 0 Å². The summed E-state index contributed by atoms with van der Waals surface area (Å²) in [4.78, 5) is 27.4. The Morgan fingerprint density at radius 2 is 1.93 bits per heavy atom. The van der Waals surface area contributed by atoms with Gasteiger partial charge in [0, 0.05) is 25.6 Å². The Kier molecular flexibility index (Phi) is 4.93. The van der Waals surface area contributed by atoms with E-state index in [1.54, 1.807) is 24.4 Å². The van der Waals surface area contributed by atoms with Gasteiger partial charge in [-0.1, -0.05) is 0 Å². The number of anilines is 1. The second kappa shape index (κ2) is 7.67. The third-order valence-corrected chi connectivity index (χ3v) is 4.51. The number of methoxy groups -OCH3 is 1. The van der Waals surface area contributed by atoms with Gasteiger partial charge in [-0.3, -0.25) is 9.78 Å². The van der Waals surface area contributed by atoms with E-state index in [-0.39, 0.29) is 12.7 Å². The highest BCUT2D eigenvalue weighted by Crippen LogP contribution is 2.25. The average molecular weight is 364 g/mol. The van der Waals surface area contributed by atoms with Crippen molar-refractivity contribution in [3.63, 3.8) is 0 Å². The van der Waals surface area contributed by atoms with Gasteiger partial charge in [-0.2, -0.15) is 0 Å². The number of aromatic nitrogens is 3. The third kappa shape index (κ3) is 3.73. The summed E-state index contributed by atoms with van der Waals surface area (Å²) in [6.45, 7) is 0.933. The summed E-state index contributed by atoms with van der Waals surface area (Å²) in [5.41, 5.74) is 3.09. The topological polar surface area (TPSA) is 77.4 Å². The van der Waals surface area contributed by atoms with Crippen LogP contribution in [0.25, 0.3) is 22.4 Å². The molecule has 2 aromatic heterocycles. The van der Waals surface area contributed by atoms with Crippen molar-refractivity contribution >= 4 is 22.6 Å². The molecule has 0 aliphatic carbocycles. The zero-order valence-corrected chi connectivity index (χ0v) is 15.1. The molecule has 0 saturated carbocycles. The first-order chi connectivity index (χ1) is 13.2. The lowest BCUT2D eigenvalue weighted by molar-refractivity contribution is -0.119. The van der Waals surface area contributed by atoms with Crippen LogP contribution in [0.5, 0.6) is 5.75 Å². The van der Waals surface area contributed by atoms with Gasteiger partial charge >= 0.3 is 0 Å². The minimum absolute atomic E-state index is 0.142. The lowest BCUT2D eigenvalue weighted by Gasteiger charge is -2.26. The molecule has 0 atom stereocenters. The maximum Gasteiger partial charge on any atom is 0.227 e. The van der Waals surface area contributed by atoms with Crippen LogP contribution in [0.1, 0.15) is 19.3 Å². The molecule has 1 aliphatic rings. The number of rotatable bonds is 5. The van der Waals surface area contributed by atoms with E-state index in [0.29, 0.717) is 23.5 Å². The Morgan fingerprint density at radius 3 is 2.70 bits per heavy atom. The highest BCUT2D eigenvalue weighted by Gasteiger charge is 2.20. The van der Waals surface area contributed by atoms with Crippen molar-refractivity contribution in [3.05, 3.63) is 42.7 Å². The number of carbonyl (C=O) groups is 1. The molecule has 0 bridgehead atoms. The van der Waals surface area contributed by atoms with Crippen molar-refractivity contribution in [2.45, 2.75) is 19.3 Å². The third-order valence-electron chi connectivity index (χ3n) is 4.51. The molecule has 0 spiro atoms. The van der Waals surface area contributed by atoms with E-state index >= 15 is 0 Å². The number of ether oxygens (including phenoxy) is 2. The van der Waals surface area contributed by atoms with Crippen LogP contribution in [0.4, 0.5) is 5.69 Å². The Balaban J connectivity index is 1.63.